The van der Waals surface area contributed by atoms with Crippen molar-refractivity contribution in [3.05, 3.63) is 57.6 Å². The van der Waals surface area contributed by atoms with Gasteiger partial charge in [-0.05, 0) is 81.0 Å². The van der Waals surface area contributed by atoms with Crippen molar-refractivity contribution < 1.29 is 0 Å². The van der Waals surface area contributed by atoms with Crippen LogP contribution in [-0.2, 0) is 0 Å². The second-order valence-electron chi connectivity index (χ2n) is 5.70. The molecule has 0 aliphatic heterocycles. The highest BCUT2D eigenvalue weighted by atomic mass is 15.4. The first-order valence-corrected chi connectivity index (χ1v) is 7.03. The van der Waals surface area contributed by atoms with Crippen molar-refractivity contribution in [1.29, 1.82) is 0 Å². The number of hydrazine groups is 1. The minimum Gasteiger partial charge on any atom is -0.279 e. The Balaban J connectivity index is 2.63. The third-order valence-corrected chi connectivity index (χ3v) is 4.39. The van der Waals surface area contributed by atoms with Gasteiger partial charge in [-0.25, -0.2) is 5.84 Å². The third-order valence-electron chi connectivity index (χ3n) is 4.39. The monoisotopic (exact) mass is 268 g/mol. The zero-order valence-electron chi connectivity index (χ0n) is 13.3. The molecule has 2 heteroatoms. The molecule has 0 aromatic heterocycles. The molecule has 0 unspecified atom stereocenters. The van der Waals surface area contributed by atoms with E-state index in [0.717, 1.165) is 11.4 Å². The first-order valence-electron chi connectivity index (χ1n) is 7.03. The number of rotatable bonds is 2. The van der Waals surface area contributed by atoms with Crippen LogP contribution in [0, 0.1) is 41.5 Å². The molecule has 2 N–H and O–H groups in total. The molecule has 0 atom stereocenters. The van der Waals surface area contributed by atoms with Crippen molar-refractivity contribution in [2.75, 3.05) is 5.01 Å². The van der Waals surface area contributed by atoms with Gasteiger partial charge < -0.3 is 0 Å². The number of anilines is 2. The molecule has 0 fully saturated rings. The number of hydrogen-bond acceptors (Lipinski definition) is 2. The van der Waals surface area contributed by atoms with Gasteiger partial charge in [0.2, 0.25) is 0 Å². The maximum absolute atomic E-state index is 6.44. The molecule has 2 aromatic carbocycles. The van der Waals surface area contributed by atoms with Crippen LogP contribution in [0.4, 0.5) is 11.4 Å². The van der Waals surface area contributed by atoms with Gasteiger partial charge in [-0.15, -0.1) is 0 Å². The van der Waals surface area contributed by atoms with Crippen LogP contribution in [0.15, 0.2) is 24.3 Å². The van der Waals surface area contributed by atoms with Crippen LogP contribution in [-0.4, -0.2) is 0 Å². The molecule has 0 saturated heterocycles. The molecular formula is C18H24N2. The van der Waals surface area contributed by atoms with Gasteiger partial charge in [-0.3, -0.25) is 5.01 Å². The Morgan fingerprint density at radius 2 is 1.30 bits per heavy atom. The van der Waals surface area contributed by atoms with Crippen LogP contribution in [0.3, 0.4) is 0 Å². The van der Waals surface area contributed by atoms with E-state index in [1.165, 1.54) is 33.4 Å². The lowest BCUT2D eigenvalue weighted by Crippen LogP contribution is -2.27. The maximum atomic E-state index is 6.44. The number of nitrogens with two attached hydrogens (primary N) is 1. The normalized spacial score (nSPS) is 10.8. The van der Waals surface area contributed by atoms with E-state index < -0.39 is 0 Å². The van der Waals surface area contributed by atoms with Gasteiger partial charge >= 0.3 is 0 Å². The number of benzene rings is 2. The van der Waals surface area contributed by atoms with E-state index in [9.17, 15) is 0 Å². The van der Waals surface area contributed by atoms with E-state index in [-0.39, 0.29) is 0 Å². The number of nitrogens with zero attached hydrogens (tertiary/aromatic N) is 1. The molecular weight excluding hydrogens is 244 g/mol. The van der Waals surface area contributed by atoms with Gasteiger partial charge in [0.1, 0.15) is 0 Å². The van der Waals surface area contributed by atoms with Gasteiger partial charge in [-0.1, -0.05) is 18.2 Å². The van der Waals surface area contributed by atoms with Crippen molar-refractivity contribution in [2.24, 2.45) is 5.84 Å². The van der Waals surface area contributed by atoms with Crippen molar-refractivity contribution in [3.8, 4) is 0 Å². The zero-order valence-corrected chi connectivity index (χ0v) is 13.3. The third kappa shape index (κ3) is 2.32. The molecule has 0 radical (unpaired) electrons. The summed E-state index contributed by atoms with van der Waals surface area (Å²) in [7, 11) is 0. The molecule has 0 aliphatic rings. The molecule has 0 heterocycles. The minimum atomic E-state index is 1.09. The fourth-order valence-corrected chi connectivity index (χ4v) is 2.75. The summed E-state index contributed by atoms with van der Waals surface area (Å²) in [4.78, 5) is 0. The molecule has 20 heavy (non-hydrogen) atoms. The highest BCUT2D eigenvalue weighted by molar-refractivity contribution is 5.72. The predicted octanol–water partition coefficient (Wildman–Crippen LogP) is 4.55. The Morgan fingerprint density at radius 1 is 0.750 bits per heavy atom. The Kier molecular flexibility index (Phi) is 3.87. The van der Waals surface area contributed by atoms with E-state index in [0.29, 0.717) is 0 Å². The Hall–Kier alpha value is -1.80. The second-order valence-corrected chi connectivity index (χ2v) is 5.70. The molecule has 0 saturated carbocycles. The van der Waals surface area contributed by atoms with Crippen LogP contribution in [0.5, 0.6) is 0 Å². The minimum absolute atomic E-state index is 1.09. The lowest BCUT2D eigenvalue weighted by Gasteiger charge is -2.26. The van der Waals surface area contributed by atoms with Crippen LogP contribution < -0.4 is 10.9 Å². The summed E-state index contributed by atoms with van der Waals surface area (Å²) in [5.74, 6) is 6.44. The van der Waals surface area contributed by atoms with E-state index in [4.69, 9.17) is 5.84 Å². The molecule has 2 aromatic rings. The van der Waals surface area contributed by atoms with Gasteiger partial charge in [0, 0.05) is 0 Å². The summed E-state index contributed by atoms with van der Waals surface area (Å²) in [5.41, 5.74) is 9.78. The van der Waals surface area contributed by atoms with Crippen molar-refractivity contribution >= 4 is 11.4 Å². The second kappa shape index (κ2) is 5.29. The summed E-state index contributed by atoms with van der Waals surface area (Å²) in [6, 6.07) is 8.46. The average molecular weight is 268 g/mol. The molecule has 0 aliphatic carbocycles. The lowest BCUT2D eigenvalue weighted by molar-refractivity contribution is 1.04. The first kappa shape index (κ1) is 14.6. The van der Waals surface area contributed by atoms with Crippen LogP contribution in [0.1, 0.15) is 33.4 Å². The zero-order chi connectivity index (χ0) is 15.0. The average Bonchev–Trinajstić information content (AvgIpc) is 2.40. The van der Waals surface area contributed by atoms with E-state index >= 15 is 0 Å². The van der Waals surface area contributed by atoms with Gasteiger partial charge in [0.05, 0.1) is 11.4 Å². The quantitative estimate of drug-likeness (QED) is 0.639. The Bertz CT molecular complexity index is 637. The summed E-state index contributed by atoms with van der Waals surface area (Å²) >= 11 is 0. The fraction of sp³-hybridized carbons (Fsp3) is 0.333. The molecule has 2 nitrogen and oxygen atoms in total. The van der Waals surface area contributed by atoms with Crippen molar-refractivity contribution in [2.45, 2.75) is 41.5 Å². The summed E-state index contributed by atoms with van der Waals surface area (Å²) < 4.78 is 0. The standard InChI is InChI=1S/C18H24N2/c1-11-8-7-9-12(2)18(11)20(19)17-10-13(3)14(4)15(5)16(17)6/h7-10H,19H2,1-6H3. The maximum Gasteiger partial charge on any atom is 0.0633 e. The number of aryl methyl sites for hydroxylation is 3. The Labute approximate surface area is 122 Å². The van der Waals surface area contributed by atoms with Crippen molar-refractivity contribution in [1.82, 2.24) is 0 Å². The first-order chi connectivity index (χ1) is 9.34. The van der Waals surface area contributed by atoms with E-state index in [1.807, 2.05) is 5.01 Å². The topological polar surface area (TPSA) is 29.3 Å². The van der Waals surface area contributed by atoms with Gasteiger partial charge in [0.15, 0.2) is 0 Å². The van der Waals surface area contributed by atoms with Gasteiger partial charge in [-0.2, -0.15) is 0 Å². The summed E-state index contributed by atoms with van der Waals surface area (Å²) in [5, 5.41) is 1.83. The number of para-hydroxylation sites is 1. The summed E-state index contributed by atoms with van der Waals surface area (Å²) in [6.07, 6.45) is 0. The molecule has 106 valence electrons. The van der Waals surface area contributed by atoms with Gasteiger partial charge in [0.25, 0.3) is 0 Å². The molecule has 0 bridgehead atoms. The highest BCUT2D eigenvalue weighted by Crippen LogP contribution is 2.33. The highest BCUT2D eigenvalue weighted by Gasteiger charge is 2.15. The van der Waals surface area contributed by atoms with Crippen molar-refractivity contribution in [3.63, 3.8) is 0 Å². The number of hydrogen-bond donors (Lipinski definition) is 1. The van der Waals surface area contributed by atoms with Crippen LogP contribution in [0.25, 0.3) is 0 Å². The summed E-state index contributed by atoms with van der Waals surface area (Å²) in [6.45, 7) is 12.8. The van der Waals surface area contributed by atoms with E-state index in [2.05, 4.69) is 65.8 Å². The largest absolute Gasteiger partial charge is 0.279 e. The fourth-order valence-electron chi connectivity index (χ4n) is 2.75. The van der Waals surface area contributed by atoms with Crippen LogP contribution in [0.2, 0.25) is 0 Å². The lowest BCUT2D eigenvalue weighted by atomic mass is 9.97. The smallest absolute Gasteiger partial charge is 0.0633 e. The predicted molar refractivity (Wildman–Crippen MR) is 87.6 cm³/mol. The molecule has 2 rings (SSSR count). The van der Waals surface area contributed by atoms with Crippen LogP contribution >= 0.6 is 0 Å². The Morgan fingerprint density at radius 3 is 1.85 bits per heavy atom. The molecule has 0 spiro atoms. The SMILES string of the molecule is Cc1cc(N(N)c2c(C)cccc2C)c(C)c(C)c1C. The van der Waals surface area contributed by atoms with E-state index in [1.54, 1.807) is 0 Å². The molecule has 0 amide bonds.